The molecule has 1 aliphatic carbocycles. The first-order chi connectivity index (χ1) is 6.97. The number of carbonyl (C=O) groups excluding carboxylic acids is 1. The highest BCUT2D eigenvalue weighted by atomic mass is 32.2. The zero-order chi connectivity index (χ0) is 11.3. The Bertz CT molecular complexity index is 199. The van der Waals surface area contributed by atoms with Crippen molar-refractivity contribution in [1.29, 1.82) is 0 Å². The number of ketones is 1. The third-order valence-corrected chi connectivity index (χ3v) is 4.37. The molecule has 0 spiro atoms. The van der Waals surface area contributed by atoms with Gasteiger partial charge in [0.2, 0.25) is 0 Å². The lowest BCUT2D eigenvalue weighted by Gasteiger charge is -2.17. The molecule has 0 aromatic heterocycles. The van der Waals surface area contributed by atoms with Crippen molar-refractivity contribution >= 4 is 17.5 Å². The van der Waals surface area contributed by atoms with E-state index in [4.69, 9.17) is 0 Å². The van der Waals surface area contributed by atoms with Crippen molar-refractivity contribution in [1.82, 2.24) is 0 Å². The number of hydrogen-bond acceptors (Lipinski definition) is 2. The van der Waals surface area contributed by atoms with Crippen LogP contribution in [0.3, 0.4) is 0 Å². The summed E-state index contributed by atoms with van der Waals surface area (Å²) in [7, 11) is 0. The van der Waals surface area contributed by atoms with Crippen molar-refractivity contribution in [3.05, 3.63) is 0 Å². The molecule has 1 aliphatic rings. The lowest BCUT2D eigenvalue weighted by Crippen LogP contribution is -2.11. The van der Waals surface area contributed by atoms with Crippen LogP contribution in [-0.4, -0.2) is 16.8 Å². The van der Waals surface area contributed by atoms with E-state index in [2.05, 4.69) is 20.8 Å². The first-order valence-electron chi connectivity index (χ1n) is 6.11. The second-order valence-electron chi connectivity index (χ2n) is 5.82. The molecule has 0 unspecified atom stereocenters. The van der Waals surface area contributed by atoms with Gasteiger partial charge in [-0.25, -0.2) is 0 Å². The minimum Gasteiger partial charge on any atom is -0.299 e. The Morgan fingerprint density at radius 1 is 1.27 bits per heavy atom. The van der Waals surface area contributed by atoms with E-state index in [0.29, 0.717) is 11.2 Å². The third-order valence-electron chi connectivity index (χ3n) is 2.94. The largest absolute Gasteiger partial charge is 0.299 e. The molecule has 1 rings (SSSR count). The van der Waals surface area contributed by atoms with E-state index in [1.807, 2.05) is 11.8 Å². The van der Waals surface area contributed by atoms with Crippen LogP contribution in [0.5, 0.6) is 0 Å². The average molecular weight is 228 g/mol. The SMILES string of the molecule is CC(C)(C)CCC(=O)CSC1CCCC1. The zero-order valence-electron chi connectivity index (χ0n) is 10.3. The summed E-state index contributed by atoms with van der Waals surface area (Å²) >= 11 is 1.89. The van der Waals surface area contributed by atoms with Crippen molar-refractivity contribution < 1.29 is 4.79 Å². The summed E-state index contributed by atoms with van der Waals surface area (Å²) < 4.78 is 0. The number of hydrogen-bond donors (Lipinski definition) is 0. The molecular formula is C13H24OS. The summed E-state index contributed by atoms with van der Waals surface area (Å²) in [6.45, 7) is 6.60. The maximum atomic E-state index is 11.6. The van der Waals surface area contributed by atoms with Crippen LogP contribution >= 0.6 is 11.8 Å². The highest BCUT2D eigenvalue weighted by Gasteiger charge is 2.17. The van der Waals surface area contributed by atoms with Crippen LogP contribution in [-0.2, 0) is 4.79 Å². The van der Waals surface area contributed by atoms with E-state index >= 15 is 0 Å². The molecular weight excluding hydrogens is 204 g/mol. The highest BCUT2D eigenvalue weighted by molar-refractivity contribution is 8.00. The summed E-state index contributed by atoms with van der Waals surface area (Å²) in [6.07, 6.45) is 7.19. The average Bonchev–Trinajstić information content (AvgIpc) is 2.62. The predicted molar refractivity (Wildman–Crippen MR) is 68.4 cm³/mol. The van der Waals surface area contributed by atoms with Gasteiger partial charge >= 0.3 is 0 Å². The minimum atomic E-state index is 0.299. The molecule has 88 valence electrons. The standard InChI is InChI=1S/C13H24OS/c1-13(2,3)9-8-11(14)10-15-12-6-4-5-7-12/h12H,4-10H2,1-3H3. The molecule has 0 bridgehead atoms. The van der Waals surface area contributed by atoms with E-state index in [9.17, 15) is 4.79 Å². The van der Waals surface area contributed by atoms with Crippen LogP contribution in [0, 0.1) is 5.41 Å². The summed E-state index contributed by atoms with van der Waals surface area (Å²) in [5, 5.41) is 0.781. The van der Waals surface area contributed by atoms with E-state index in [1.165, 1.54) is 25.7 Å². The fourth-order valence-corrected chi connectivity index (χ4v) is 3.09. The van der Waals surface area contributed by atoms with Gasteiger partial charge in [0.25, 0.3) is 0 Å². The predicted octanol–water partition coefficient (Wildman–Crippen LogP) is 4.06. The van der Waals surface area contributed by atoms with Gasteiger partial charge in [0.05, 0.1) is 5.75 Å². The first kappa shape index (κ1) is 13.1. The maximum absolute atomic E-state index is 11.6. The Morgan fingerprint density at radius 3 is 2.40 bits per heavy atom. The molecule has 2 heteroatoms. The van der Waals surface area contributed by atoms with Gasteiger partial charge in [-0.3, -0.25) is 4.79 Å². The molecule has 0 saturated heterocycles. The van der Waals surface area contributed by atoms with Crippen LogP contribution in [0.25, 0.3) is 0 Å². The lowest BCUT2D eigenvalue weighted by atomic mass is 9.90. The van der Waals surface area contributed by atoms with Crippen molar-refractivity contribution in [2.45, 2.75) is 64.5 Å². The molecule has 0 aromatic carbocycles. The molecule has 1 fully saturated rings. The topological polar surface area (TPSA) is 17.1 Å². The van der Waals surface area contributed by atoms with Crippen molar-refractivity contribution in [3.63, 3.8) is 0 Å². The second-order valence-corrected chi connectivity index (χ2v) is 7.11. The van der Waals surface area contributed by atoms with Crippen molar-refractivity contribution in [2.75, 3.05) is 5.75 Å². The molecule has 0 atom stereocenters. The van der Waals surface area contributed by atoms with E-state index in [-0.39, 0.29) is 0 Å². The van der Waals surface area contributed by atoms with Gasteiger partial charge in [-0.05, 0) is 24.7 Å². The van der Waals surface area contributed by atoms with Crippen molar-refractivity contribution in [2.24, 2.45) is 5.41 Å². The lowest BCUT2D eigenvalue weighted by molar-refractivity contribution is -0.117. The number of thioether (sulfide) groups is 1. The molecule has 0 N–H and O–H groups in total. The van der Waals surface area contributed by atoms with Gasteiger partial charge in [-0.15, -0.1) is 0 Å². The number of Topliss-reactive ketones (excluding diaryl/α,β-unsaturated/α-hetero) is 1. The smallest absolute Gasteiger partial charge is 0.142 e. The summed E-state index contributed by atoms with van der Waals surface area (Å²) in [6, 6.07) is 0. The minimum absolute atomic E-state index is 0.299. The third kappa shape index (κ3) is 6.24. The Balaban J connectivity index is 2.08. The molecule has 15 heavy (non-hydrogen) atoms. The van der Waals surface area contributed by atoms with Crippen LogP contribution in [0.4, 0.5) is 0 Å². The van der Waals surface area contributed by atoms with Gasteiger partial charge in [-0.2, -0.15) is 11.8 Å². The van der Waals surface area contributed by atoms with E-state index in [1.54, 1.807) is 0 Å². The zero-order valence-corrected chi connectivity index (χ0v) is 11.2. The van der Waals surface area contributed by atoms with Crippen LogP contribution < -0.4 is 0 Å². The van der Waals surface area contributed by atoms with Gasteiger partial charge in [-0.1, -0.05) is 33.6 Å². The Kier molecular flexibility index (Phi) is 5.17. The van der Waals surface area contributed by atoms with Crippen LogP contribution in [0.2, 0.25) is 0 Å². The Hall–Kier alpha value is 0.0200. The number of rotatable bonds is 5. The molecule has 0 radical (unpaired) electrons. The van der Waals surface area contributed by atoms with Gasteiger partial charge in [0, 0.05) is 11.7 Å². The van der Waals surface area contributed by atoms with Crippen LogP contribution in [0.15, 0.2) is 0 Å². The second kappa shape index (κ2) is 5.93. The van der Waals surface area contributed by atoms with Crippen LogP contribution in [0.1, 0.15) is 59.3 Å². The molecule has 1 saturated carbocycles. The molecule has 0 aliphatic heterocycles. The molecule has 0 aromatic rings. The van der Waals surface area contributed by atoms with E-state index < -0.39 is 0 Å². The maximum Gasteiger partial charge on any atom is 0.142 e. The molecule has 1 nitrogen and oxygen atoms in total. The summed E-state index contributed by atoms with van der Waals surface area (Å²) in [5.41, 5.74) is 0.299. The van der Waals surface area contributed by atoms with Gasteiger partial charge in [0.1, 0.15) is 5.78 Å². The van der Waals surface area contributed by atoms with Gasteiger partial charge in [0.15, 0.2) is 0 Å². The Labute approximate surface area is 98.4 Å². The van der Waals surface area contributed by atoms with Gasteiger partial charge < -0.3 is 0 Å². The number of carbonyl (C=O) groups is 1. The summed E-state index contributed by atoms with van der Waals surface area (Å²) in [4.78, 5) is 11.6. The normalized spacial score (nSPS) is 18.3. The highest BCUT2D eigenvalue weighted by Crippen LogP contribution is 2.30. The summed E-state index contributed by atoms with van der Waals surface area (Å²) in [5.74, 6) is 1.20. The van der Waals surface area contributed by atoms with Crippen molar-refractivity contribution in [3.8, 4) is 0 Å². The quantitative estimate of drug-likeness (QED) is 0.706. The fraction of sp³-hybridized carbons (Fsp3) is 0.923. The Morgan fingerprint density at radius 2 is 1.87 bits per heavy atom. The monoisotopic (exact) mass is 228 g/mol. The fourth-order valence-electron chi connectivity index (χ4n) is 1.85. The first-order valence-corrected chi connectivity index (χ1v) is 7.15. The molecule has 0 heterocycles. The van der Waals surface area contributed by atoms with E-state index in [0.717, 1.165) is 23.8 Å². The molecule has 0 amide bonds.